The predicted molar refractivity (Wildman–Crippen MR) is 84.6 cm³/mol. The quantitative estimate of drug-likeness (QED) is 0.860. The highest BCUT2D eigenvalue weighted by atomic mass is 16.6. The van der Waals surface area contributed by atoms with Crippen LogP contribution in [0, 0.1) is 5.92 Å². The molecular weight excluding hydrogens is 294 g/mol. The zero-order valence-corrected chi connectivity index (χ0v) is 14.0. The summed E-state index contributed by atoms with van der Waals surface area (Å²) in [7, 11) is 0. The topological polar surface area (TPSA) is 75.5 Å². The van der Waals surface area contributed by atoms with Gasteiger partial charge in [-0.3, -0.25) is 0 Å². The fourth-order valence-corrected chi connectivity index (χ4v) is 3.84. The molecule has 0 bridgehead atoms. The van der Waals surface area contributed by atoms with Crippen molar-refractivity contribution in [3.8, 4) is 0 Å². The monoisotopic (exact) mass is 319 g/mol. The van der Waals surface area contributed by atoms with Gasteiger partial charge in [-0.2, -0.15) is 0 Å². The molecule has 2 heterocycles. The molecule has 1 saturated heterocycles. The third-order valence-corrected chi connectivity index (χ3v) is 4.79. The Morgan fingerprint density at radius 3 is 2.70 bits per heavy atom. The number of hydrogen-bond donors (Lipinski definition) is 1. The van der Waals surface area contributed by atoms with E-state index in [1.807, 2.05) is 20.8 Å². The number of aliphatic hydroxyl groups is 1. The van der Waals surface area contributed by atoms with Crippen molar-refractivity contribution in [2.24, 2.45) is 5.92 Å². The Morgan fingerprint density at radius 1 is 1.35 bits per heavy atom. The van der Waals surface area contributed by atoms with Crippen molar-refractivity contribution in [3.63, 3.8) is 0 Å². The second kappa shape index (κ2) is 5.74. The molecule has 126 valence electrons. The number of rotatable bonds is 1. The second-order valence-electron chi connectivity index (χ2n) is 7.71. The lowest BCUT2D eigenvalue weighted by Gasteiger charge is -2.38. The summed E-state index contributed by atoms with van der Waals surface area (Å²) in [5, 5.41) is 11.1. The highest BCUT2D eigenvalue weighted by Gasteiger charge is 2.50. The summed E-state index contributed by atoms with van der Waals surface area (Å²) in [4.78, 5) is 22.3. The van der Waals surface area contributed by atoms with Crippen molar-refractivity contribution in [1.29, 1.82) is 0 Å². The Labute approximate surface area is 136 Å². The normalized spacial score (nSPS) is 30.9. The van der Waals surface area contributed by atoms with Crippen LogP contribution in [0.5, 0.6) is 0 Å². The second-order valence-corrected chi connectivity index (χ2v) is 7.71. The number of hydrogen-bond acceptors (Lipinski definition) is 5. The minimum absolute atomic E-state index is 0.0174. The van der Waals surface area contributed by atoms with Crippen LogP contribution in [0.25, 0.3) is 0 Å². The molecule has 2 aliphatic rings. The Hall–Kier alpha value is -1.69. The van der Waals surface area contributed by atoms with Gasteiger partial charge in [-0.1, -0.05) is 0 Å². The fraction of sp³-hybridized carbons (Fsp3) is 0.706. The average Bonchev–Trinajstić information content (AvgIpc) is 2.83. The van der Waals surface area contributed by atoms with Gasteiger partial charge in [0, 0.05) is 37.0 Å². The standard InChI is InChI=1S/C17H25N3O3/c1-16(2,3)23-15(21)20-6-4-5-12-7-17(22,8-14(12)20)13-9-18-11-19-10-13/h9-12,14,22H,4-8H2,1-3H3. The van der Waals surface area contributed by atoms with Gasteiger partial charge in [0.2, 0.25) is 0 Å². The summed E-state index contributed by atoms with van der Waals surface area (Å²) in [5.74, 6) is 0.293. The Kier molecular flexibility index (Phi) is 4.04. The lowest BCUT2D eigenvalue weighted by atomic mass is 9.91. The van der Waals surface area contributed by atoms with Crippen LogP contribution < -0.4 is 0 Å². The summed E-state index contributed by atoms with van der Waals surface area (Å²) in [6, 6.07) is 0.0174. The van der Waals surface area contributed by atoms with Crippen molar-refractivity contribution in [1.82, 2.24) is 14.9 Å². The Balaban J connectivity index is 1.79. The van der Waals surface area contributed by atoms with Crippen LogP contribution in [-0.4, -0.2) is 44.3 Å². The van der Waals surface area contributed by atoms with E-state index in [2.05, 4.69) is 9.97 Å². The molecule has 0 aromatic carbocycles. The molecule has 1 N–H and O–H groups in total. The third kappa shape index (κ3) is 3.32. The maximum Gasteiger partial charge on any atom is 0.410 e. The maximum atomic E-state index is 12.5. The summed E-state index contributed by atoms with van der Waals surface area (Å²) in [5.41, 5.74) is -0.730. The van der Waals surface area contributed by atoms with Gasteiger partial charge >= 0.3 is 6.09 Å². The summed E-state index contributed by atoms with van der Waals surface area (Å²) in [6.45, 7) is 6.31. The average molecular weight is 319 g/mol. The minimum Gasteiger partial charge on any atom is -0.444 e. The molecule has 3 rings (SSSR count). The van der Waals surface area contributed by atoms with E-state index >= 15 is 0 Å². The van der Waals surface area contributed by atoms with Crippen LogP contribution in [-0.2, 0) is 10.3 Å². The smallest absolute Gasteiger partial charge is 0.410 e. The van der Waals surface area contributed by atoms with E-state index in [0.29, 0.717) is 25.3 Å². The number of likely N-dealkylation sites (tertiary alicyclic amines) is 1. The molecule has 23 heavy (non-hydrogen) atoms. The first kappa shape index (κ1) is 16.2. The van der Waals surface area contributed by atoms with Crippen molar-refractivity contribution in [2.75, 3.05) is 6.54 Å². The van der Waals surface area contributed by atoms with Crippen molar-refractivity contribution < 1.29 is 14.6 Å². The van der Waals surface area contributed by atoms with Gasteiger partial charge < -0.3 is 14.7 Å². The molecule has 0 spiro atoms. The van der Waals surface area contributed by atoms with Crippen LogP contribution in [0.15, 0.2) is 18.7 Å². The number of carbonyl (C=O) groups excluding carboxylic acids is 1. The molecule has 1 aromatic heterocycles. The van der Waals surface area contributed by atoms with Crippen molar-refractivity contribution in [2.45, 2.75) is 63.7 Å². The Morgan fingerprint density at radius 2 is 2.04 bits per heavy atom. The van der Waals surface area contributed by atoms with Crippen LogP contribution in [0.2, 0.25) is 0 Å². The number of aromatic nitrogens is 2. The molecule has 6 nitrogen and oxygen atoms in total. The number of amides is 1. The van der Waals surface area contributed by atoms with Crippen LogP contribution >= 0.6 is 0 Å². The number of carbonyl (C=O) groups is 1. The molecule has 0 radical (unpaired) electrons. The molecule has 1 aliphatic carbocycles. The van der Waals surface area contributed by atoms with E-state index in [1.54, 1.807) is 17.3 Å². The van der Waals surface area contributed by atoms with E-state index in [4.69, 9.17) is 4.74 Å². The van der Waals surface area contributed by atoms with E-state index in [0.717, 1.165) is 18.4 Å². The van der Waals surface area contributed by atoms with E-state index in [1.165, 1.54) is 6.33 Å². The molecule has 3 unspecified atom stereocenters. The van der Waals surface area contributed by atoms with Gasteiger partial charge in [-0.25, -0.2) is 14.8 Å². The molecule has 1 amide bonds. The molecule has 1 saturated carbocycles. The molecule has 1 aromatic rings. The van der Waals surface area contributed by atoms with Gasteiger partial charge in [0.05, 0.1) is 5.60 Å². The zero-order chi connectivity index (χ0) is 16.7. The van der Waals surface area contributed by atoms with Crippen molar-refractivity contribution >= 4 is 6.09 Å². The fourth-order valence-electron chi connectivity index (χ4n) is 3.84. The summed E-state index contributed by atoms with van der Waals surface area (Å²) in [6.07, 6.45) is 7.66. The minimum atomic E-state index is -0.957. The largest absolute Gasteiger partial charge is 0.444 e. The van der Waals surface area contributed by atoms with E-state index in [-0.39, 0.29) is 12.1 Å². The first-order valence-electron chi connectivity index (χ1n) is 8.26. The number of fused-ring (bicyclic) bond motifs is 1. The van der Waals surface area contributed by atoms with Gasteiger partial charge in [0.15, 0.2) is 0 Å². The van der Waals surface area contributed by atoms with Crippen molar-refractivity contribution in [3.05, 3.63) is 24.3 Å². The molecule has 3 atom stereocenters. The van der Waals surface area contributed by atoms with Crippen LogP contribution in [0.4, 0.5) is 4.79 Å². The van der Waals surface area contributed by atoms with Gasteiger partial charge in [0.25, 0.3) is 0 Å². The number of nitrogens with zero attached hydrogens (tertiary/aromatic N) is 3. The van der Waals surface area contributed by atoms with E-state index in [9.17, 15) is 9.90 Å². The highest BCUT2D eigenvalue weighted by molar-refractivity contribution is 5.69. The zero-order valence-electron chi connectivity index (χ0n) is 14.0. The first-order valence-corrected chi connectivity index (χ1v) is 8.26. The molecular formula is C17H25N3O3. The molecule has 1 aliphatic heterocycles. The van der Waals surface area contributed by atoms with Crippen LogP contribution in [0.3, 0.4) is 0 Å². The lowest BCUT2D eigenvalue weighted by molar-refractivity contribution is 0.000946. The van der Waals surface area contributed by atoms with Gasteiger partial charge in [-0.15, -0.1) is 0 Å². The number of piperidine rings is 1. The predicted octanol–water partition coefficient (Wildman–Crippen LogP) is 2.47. The lowest BCUT2D eigenvalue weighted by Crippen LogP contribution is -2.48. The number of ether oxygens (including phenoxy) is 1. The molecule has 2 fully saturated rings. The van der Waals surface area contributed by atoms with E-state index < -0.39 is 11.2 Å². The van der Waals surface area contributed by atoms with Gasteiger partial charge in [0.1, 0.15) is 11.9 Å². The van der Waals surface area contributed by atoms with Crippen LogP contribution in [0.1, 0.15) is 52.0 Å². The SMILES string of the molecule is CC(C)(C)OC(=O)N1CCCC2CC(O)(c3cncnc3)CC21. The summed E-state index contributed by atoms with van der Waals surface area (Å²) < 4.78 is 5.54. The summed E-state index contributed by atoms with van der Waals surface area (Å²) >= 11 is 0. The first-order chi connectivity index (χ1) is 10.8. The van der Waals surface area contributed by atoms with Gasteiger partial charge in [-0.05, 0) is 46.0 Å². The highest BCUT2D eigenvalue weighted by Crippen LogP contribution is 2.47. The maximum absolute atomic E-state index is 12.5. The molecule has 6 heteroatoms. The Bertz CT molecular complexity index is 572. The third-order valence-electron chi connectivity index (χ3n) is 4.79.